The normalized spacial score (nSPS) is 15.9. The van der Waals surface area contributed by atoms with E-state index in [2.05, 4.69) is 22.1 Å². The Hall–Kier alpha value is -1.82. The van der Waals surface area contributed by atoms with Crippen LogP contribution >= 0.6 is 11.6 Å². The van der Waals surface area contributed by atoms with Gasteiger partial charge in [0.1, 0.15) is 11.6 Å². The summed E-state index contributed by atoms with van der Waals surface area (Å²) in [6, 6.07) is 9.51. The van der Waals surface area contributed by atoms with Crippen molar-refractivity contribution in [1.82, 2.24) is 10.3 Å². The molecule has 1 unspecified atom stereocenters. The van der Waals surface area contributed by atoms with E-state index in [4.69, 9.17) is 16.3 Å². The Balaban J connectivity index is 1.67. The fourth-order valence-corrected chi connectivity index (χ4v) is 3.20. The number of rotatable bonds is 6. The number of aliphatic hydroxyl groups excluding tert-OH is 1. The van der Waals surface area contributed by atoms with Crippen molar-refractivity contribution in [2.24, 2.45) is 0 Å². The number of pyridine rings is 1. The molecule has 0 amide bonds. The predicted octanol–water partition coefficient (Wildman–Crippen LogP) is 3.17. The van der Waals surface area contributed by atoms with Crippen LogP contribution in [0, 0.1) is 0 Å². The summed E-state index contributed by atoms with van der Waals surface area (Å²) < 4.78 is 5.61. The van der Waals surface area contributed by atoms with E-state index >= 15 is 0 Å². The van der Waals surface area contributed by atoms with Gasteiger partial charge in [-0.05, 0) is 30.2 Å². The van der Waals surface area contributed by atoms with Gasteiger partial charge in [0.05, 0.1) is 5.02 Å². The number of nitrogens with zero attached hydrogens (tertiary/aromatic N) is 2. The third kappa shape index (κ3) is 4.63. The number of anilines is 1. The molecule has 134 valence electrons. The second kappa shape index (κ2) is 8.52. The van der Waals surface area contributed by atoms with Crippen LogP contribution in [-0.4, -0.2) is 36.3 Å². The molecule has 1 atom stereocenters. The lowest BCUT2D eigenvalue weighted by Crippen LogP contribution is -2.44. The number of aryl methyl sites for hydroxylation is 1. The van der Waals surface area contributed by atoms with Crippen molar-refractivity contribution in [3.63, 3.8) is 0 Å². The van der Waals surface area contributed by atoms with Gasteiger partial charge in [-0.2, -0.15) is 0 Å². The van der Waals surface area contributed by atoms with Gasteiger partial charge >= 0.3 is 0 Å². The van der Waals surface area contributed by atoms with Crippen molar-refractivity contribution < 1.29 is 9.84 Å². The number of ether oxygens (including phenoxy) is 1. The summed E-state index contributed by atoms with van der Waals surface area (Å²) >= 11 is 6.37. The molecule has 1 aliphatic rings. The molecule has 3 rings (SSSR count). The molecule has 0 aliphatic carbocycles. The molecule has 1 aromatic heterocycles. The smallest absolute Gasteiger partial charge is 0.225 e. The molecule has 5 nitrogen and oxygen atoms in total. The van der Waals surface area contributed by atoms with Gasteiger partial charge < -0.3 is 20.1 Å². The highest BCUT2D eigenvalue weighted by Gasteiger charge is 2.18. The maximum Gasteiger partial charge on any atom is 0.225 e. The van der Waals surface area contributed by atoms with Crippen LogP contribution in [0.1, 0.15) is 30.8 Å². The van der Waals surface area contributed by atoms with Crippen molar-refractivity contribution in [2.75, 3.05) is 31.1 Å². The van der Waals surface area contributed by atoms with Gasteiger partial charge in [0, 0.05) is 37.9 Å². The fourth-order valence-electron chi connectivity index (χ4n) is 2.91. The second-order valence-electron chi connectivity index (χ2n) is 6.18. The van der Waals surface area contributed by atoms with Crippen molar-refractivity contribution in [2.45, 2.75) is 26.1 Å². The zero-order valence-corrected chi connectivity index (χ0v) is 15.2. The number of aliphatic hydroxyl groups is 1. The van der Waals surface area contributed by atoms with Crippen LogP contribution in [-0.2, 0) is 6.42 Å². The van der Waals surface area contributed by atoms with E-state index < -0.39 is 6.29 Å². The Morgan fingerprint density at radius 1 is 1.28 bits per heavy atom. The van der Waals surface area contributed by atoms with E-state index in [0.717, 1.165) is 44.8 Å². The molecule has 0 saturated carbocycles. The van der Waals surface area contributed by atoms with Gasteiger partial charge in [-0.15, -0.1) is 0 Å². The molecular weight excluding hydrogens is 338 g/mol. The average molecular weight is 362 g/mol. The topological polar surface area (TPSA) is 57.6 Å². The molecule has 25 heavy (non-hydrogen) atoms. The molecule has 6 heteroatoms. The first-order chi connectivity index (χ1) is 12.2. The first-order valence-electron chi connectivity index (χ1n) is 8.72. The zero-order chi connectivity index (χ0) is 17.6. The highest BCUT2D eigenvalue weighted by molar-refractivity contribution is 6.33. The molecule has 2 aromatic rings. The first-order valence-corrected chi connectivity index (χ1v) is 9.10. The van der Waals surface area contributed by atoms with Crippen LogP contribution in [0.2, 0.25) is 5.02 Å². The summed E-state index contributed by atoms with van der Waals surface area (Å²) in [6.45, 7) is 5.72. The van der Waals surface area contributed by atoms with E-state index in [9.17, 15) is 5.11 Å². The highest BCUT2D eigenvalue weighted by atomic mass is 35.5. The Labute approximate surface area is 153 Å². The minimum Gasteiger partial charge on any atom is -0.461 e. The SMILES string of the molecule is CCCc1ccc(OC(O)c2cnc(N3CCNCC3)c(Cl)c2)cc1. The Morgan fingerprint density at radius 3 is 2.64 bits per heavy atom. The lowest BCUT2D eigenvalue weighted by atomic mass is 10.1. The van der Waals surface area contributed by atoms with Crippen molar-refractivity contribution in [3.05, 3.63) is 52.7 Å². The summed E-state index contributed by atoms with van der Waals surface area (Å²) in [5.74, 6) is 1.37. The number of piperazine rings is 1. The quantitative estimate of drug-likeness (QED) is 0.774. The summed E-state index contributed by atoms with van der Waals surface area (Å²) in [6.07, 6.45) is 2.67. The molecule has 1 aromatic carbocycles. The van der Waals surface area contributed by atoms with Crippen LogP contribution in [0.15, 0.2) is 36.5 Å². The predicted molar refractivity (Wildman–Crippen MR) is 100 cm³/mol. The summed E-state index contributed by atoms with van der Waals surface area (Å²) in [5, 5.41) is 14.2. The molecule has 0 radical (unpaired) electrons. The van der Waals surface area contributed by atoms with Crippen molar-refractivity contribution >= 4 is 17.4 Å². The molecule has 2 N–H and O–H groups in total. The monoisotopic (exact) mass is 361 g/mol. The minimum absolute atomic E-state index is 0.528. The maximum absolute atomic E-state index is 10.3. The van der Waals surface area contributed by atoms with Gasteiger partial charge in [0.15, 0.2) is 0 Å². The third-order valence-electron chi connectivity index (χ3n) is 4.25. The van der Waals surface area contributed by atoms with Gasteiger partial charge in [-0.1, -0.05) is 37.1 Å². The second-order valence-corrected chi connectivity index (χ2v) is 6.58. The molecule has 0 bridgehead atoms. The standard InChI is InChI=1S/C19H24ClN3O2/c1-2-3-14-4-6-16(7-5-14)25-19(24)15-12-17(20)18(22-13-15)23-10-8-21-9-11-23/h4-7,12-13,19,21,24H,2-3,8-11H2,1H3. The van der Waals surface area contributed by atoms with Gasteiger partial charge in [0.25, 0.3) is 0 Å². The van der Waals surface area contributed by atoms with Crippen LogP contribution < -0.4 is 15.0 Å². The maximum atomic E-state index is 10.3. The minimum atomic E-state index is -1.10. The van der Waals surface area contributed by atoms with Crippen LogP contribution in [0.5, 0.6) is 5.75 Å². The van der Waals surface area contributed by atoms with E-state index in [1.165, 1.54) is 5.56 Å². The van der Waals surface area contributed by atoms with Crippen LogP contribution in [0.25, 0.3) is 0 Å². The molecule has 1 fully saturated rings. The average Bonchev–Trinajstić information content (AvgIpc) is 2.64. The number of hydrogen-bond acceptors (Lipinski definition) is 5. The zero-order valence-electron chi connectivity index (χ0n) is 14.4. The van der Waals surface area contributed by atoms with Crippen molar-refractivity contribution in [1.29, 1.82) is 0 Å². The molecule has 1 saturated heterocycles. The summed E-state index contributed by atoms with van der Waals surface area (Å²) in [7, 11) is 0. The summed E-state index contributed by atoms with van der Waals surface area (Å²) in [4.78, 5) is 6.57. The number of hydrogen-bond donors (Lipinski definition) is 2. The number of halogens is 1. The van der Waals surface area contributed by atoms with Gasteiger partial charge in [0.2, 0.25) is 6.29 Å². The van der Waals surface area contributed by atoms with E-state index in [0.29, 0.717) is 16.3 Å². The van der Waals surface area contributed by atoms with Crippen LogP contribution in [0.4, 0.5) is 5.82 Å². The Bertz CT molecular complexity index is 688. The van der Waals surface area contributed by atoms with E-state index in [1.54, 1.807) is 12.3 Å². The van der Waals surface area contributed by atoms with E-state index in [-0.39, 0.29) is 0 Å². The van der Waals surface area contributed by atoms with Gasteiger partial charge in [-0.25, -0.2) is 4.98 Å². The summed E-state index contributed by atoms with van der Waals surface area (Å²) in [5.41, 5.74) is 1.80. The lowest BCUT2D eigenvalue weighted by molar-refractivity contribution is -0.0196. The largest absolute Gasteiger partial charge is 0.461 e. The number of aromatic nitrogens is 1. The molecule has 0 spiro atoms. The molecule has 1 aliphatic heterocycles. The molecular formula is C19H24ClN3O2. The lowest BCUT2D eigenvalue weighted by Gasteiger charge is -2.29. The van der Waals surface area contributed by atoms with E-state index in [1.807, 2.05) is 24.3 Å². The Kier molecular flexibility index (Phi) is 6.13. The highest BCUT2D eigenvalue weighted by Crippen LogP contribution is 2.28. The third-order valence-corrected chi connectivity index (χ3v) is 4.53. The Morgan fingerprint density at radius 2 is 2.00 bits per heavy atom. The van der Waals surface area contributed by atoms with Gasteiger partial charge in [-0.3, -0.25) is 0 Å². The number of benzene rings is 1. The molecule has 2 heterocycles. The first kappa shape index (κ1) is 18.0. The van der Waals surface area contributed by atoms with Crippen molar-refractivity contribution in [3.8, 4) is 5.75 Å². The van der Waals surface area contributed by atoms with Crippen LogP contribution in [0.3, 0.4) is 0 Å². The fraction of sp³-hybridized carbons (Fsp3) is 0.421. The number of nitrogens with one attached hydrogen (secondary N) is 1.